The zero-order valence-corrected chi connectivity index (χ0v) is 19.9. The lowest BCUT2D eigenvalue weighted by atomic mass is 10.2. The van der Waals surface area contributed by atoms with Gasteiger partial charge in [0, 0.05) is 34.0 Å². The van der Waals surface area contributed by atoms with Crippen molar-refractivity contribution >= 4 is 62.7 Å². The SMILES string of the molecule is Cn1nc(C(F)(F)F)c2cc(C(=O)NN=Cc3ccc(Sc4ccc(Cl)cc4)c([N+](=O)[O-])c3)sc21. The zero-order chi connectivity index (χ0) is 25.3. The molecule has 0 aliphatic heterocycles. The number of thiophene rings is 1. The first-order valence-corrected chi connectivity index (χ1v) is 11.6. The van der Waals surface area contributed by atoms with Crippen LogP contribution in [0.4, 0.5) is 18.9 Å². The topological polar surface area (TPSA) is 102 Å². The number of amides is 1. The van der Waals surface area contributed by atoms with E-state index in [1.54, 1.807) is 36.4 Å². The average molecular weight is 540 g/mol. The van der Waals surface area contributed by atoms with Crippen molar-refractivity contribution in [2.24, 2.45) is 12.1 Å². The van der Waals surface area contributed by atoms with Gasteiger partial charge in [0.25, 0.3) is 11.6 Å². The number of carbonyl (C=O) groups is 1. The quantitative estimate of drug-likeness (QED) is 0.180. The van der Waals surface area contributed by atoms with Crippen LogP contribution in [0.1, 0.15) is 20.9 Å². The highest BCUT2D eigenvalue weighted by atomic mass is 35.5. The maximum atomic E-state index is 13.1. The molecule has 0 radical (unpaired) electrons. The molecule has 0 saturated heterocycles. The van der Waals surface area contributed by atoms with E-state index in [2.05, 4.69) is 15.6 Å². The van der Waals surface area contributed by atoms with Gasteiger partial charge in [-0.3, -0.25) is 19.6 Å². The Morgan fingerprint density at radius 3 is 2.63 bits per heavy atom. The number of hydrogen-bond acceptors (Lipinski definition) is 7. The van der Waals surface area contributed by atoms with Crippen molar-refractivity contribution in [2.45, 2.75) is 16.0 Å². The largest absolute Gasteiger partial charge is 0.435 e. The Morgan fingerprint density at radius 1 is 1.26 bits per heavy atom. The molecule has 0 unspecified atom stereocenters. The molecule has 0 fully saturated rings. The molecule has 0 aliphatic carbocycles. The van der Waals surface area contributed by atoms with Crippen molar-refractivity contribution < 1.29 is 22.9 Å². The molecule has 2 aromatic heterocycles. The summed E-state index contributed by atoms with van der Waals surface area (Å²) in [5, 5.41) is 19.2. The van der Waals surface area contributed by atoms with Gasteiger partial charge >= 0.3 is 6.18 Å². The number of halogens is 4. The van der Waals surface area contributed by atoms with Crippen LogP contribution >= 0.6 is 34.7 Å². The summed E-state index contributed by atoms with van der Waals surface area (Å²) < 4.78 is 40.5. The van der Waals surface area contributed by atoms with E-state index in [1.807, 2.05) is 0 Å². The molecule has 0 bridgehead atoms. The first kappa shape index (κ1) is 24.7. The minimum absolute atomic E-state index is 0.0105. The van der Waals surface area contributed by atoms with Gasteiger partial charge in [0.1, 0.15) is 4.83 Å². The van der Waals surface area contributed by atoms with Crippen molar-refractivity contribution in [3.8, 4) is 0 Å². The lowest BCUT2D eigenvalue weighted by molar-refractivity contribution is -0.387. The molecule has 1 amide bonds. The molecule has 14 heteroatoms. The number of aryl methyl sites for hydroxylation is 1. The number of aromatic nitrogens is 2. The van der Waals surface area contributed by atoms with Crippen LogP contribution in [-0.2, 0) is 13.2 Å². The van der Waals surface area contributed by atoms with Crippen LogP contribution in [0.15, 0.2) is 63.4 Å². The Labute approximate surface area is 208 Å². The van der Waals surface area contributed by atoms with E-state index in [0.29, 0.717) is 15.5 Å². The second-order valence-electron chi connectivity index (χ2n) is 7.04. The van der Waals surface area contributed by atoms with Crippen LogP contribution in [0.3, 0.4) is 0 Å². The van der Waals surface area contributed by atoms with Gasteiger partial charge in [-0.1, -0.05) is 29.4 Å². The number of alkyl halides is 3. The normalized spacial score (nSPS) is 11.9. The van der Waals surface area contributed by atoms with Crippen LogP contribution in [0.2, 0.25) is 5.02 Å². The molecule has 4 rings (SSSR count). The Hall–Kier alpha value is -3.42. The first-order chi connectivity index (χ1) is 16.5. The van der Waals surface area contributed by atoms with Crippen molar-refractivity contribution in [3.63, 3.8) is 0 Å². The van der Waals surface area contributed by atoms with Crippen LogP contribution in [0.5, 0.6) is 0 Å². The minimum atomic E-state index is -4.65. The number of nitro groups is 1. The summed E-state index contributed by atoms with van der Waals surface area (Å²) in [5.41, 5.74) is 1.34. The molecule has 2 heterocycles. The number of rotatable bonds is 6. The van der Waals surface area contributed by atoms with E-state index >= 15 is 0 Å². The van der Waals surface area contributed by atoms with Gasteiger partial charge in [0.05, 0.1) is 20.9 Å². The summed E-state index contributed by atoms with van der Waals surface area (Å²) in [7, 11) is 1.36. The molecule has 0 saturated carbocycles. The van der Waals surface area contributed by atoms with Gasteiger partial charge in [-0.2, -0.15) is 23.4 Å². The molecule has 180 valence electrons. The molecular weight excluding hydrogens is 527 g/mol. The maximum Gasteiger partial charge on any atom is 0.435 e. The lowest BCUT2D eigenvalue weighted by Crippen LogP contribution is -2.16. The number of hydrazone groups is 1. The molecular formula is C21H13ClF3N5O3S2. The third-order valence-corrected chi connectivity index (χ3v) is 7.13. The van der Waals surface area contributed by atoms with Gasteiger partial charge in [-0.15, -0.1) is 11.3 Å². The van der Waals surface area contributed by atoms with E-state index in [1.165, 1.54) is 31.1 Å². The predicted molar refractivity (Wildman–Crippen MR) is 127 cm³/mol. The van der Waals surface area contributed by atoms with Crippen molar-refractivity contribution in [1.82, 2.24) is 15.2 Å². The van der Waals surface area contributed by atoms with Crippen LogP contribution < -0.4 is 5.43 Å². The highest BCUT2D eigenvalue weighted by molar-refractivity contribution is 7.99. The summed E-state index contributed by atoms with van der Waals surface area (Å²) in [6, 6.07) is 12.4. The first-order valence-electron chi connectivity index (χ1n) is 9.62. The highest BCUT2D eigenvalue weighted by Gasteiger charge is 2.37. The Balaban J connectivity index is 1.50. The fourth-order valence-electron chi connectivity index (χ4n) is 3.06. The van der Waals surface area contributed by atoms with E-state index < -0.39 is 22.7 Å². The van der Waals surface area contributed by atoms with E-state index in [9.17, 15) is 28.1 Å². The lowest BCUT2D eigenvalue weighted by Gasteiger charge is -2.04. The number of carbonyl (C=O) groups excluding carboxylic acids is 1. The third kappa shape index (κ3) is 5.47. The van der Waals surface area contributed by atoms with Crippen LogP contribution in [-0.4, -0.2) is 26.8 Å². The minimum Gasteiger partial charge on any atom is -0.266 e. The number of nitrogens with one attached hydrogen (secondary N) is 1. The molecule has 8 nitrogen and oxygen atoms in total. The standard InChI is InChI=1S/C21H13ClF3N5O3S2/c1-29-20-14(18(28-29)21(23,24)25)9-17(35-20)19(31)27-26-10-11-2-7-16(15(8-11)30(32)33)34-13-5-3-12(22)4-6-13/h2-10H,1H3,(H,27,31). The van der Waals surface area contributed by atoms with Gasteiger partial charge in [-0.05, 0) is 36.4 Å². The Morgan fingerprint density at radius 2 is 1.97 bits per heavy atom. The molecule has 0 spiro atoms. The summed E-state index contributed by atoms with van der Waals surface area (Å²) in [5.74, 6) is -0.722. The molecule has 4 aromatic rings. The van der Waals surface area contributed by atoms with Crippen molar-refractivity contribution in [1.29, 1.82) is 0 Å². The van der Waals surface area contributed by atoms with E-state index in [-0.39, 0.29) is 20.8 Å². The smallest absolute Gasteiger partial charge is 0.266 e. The van der Waals surface area contributed by atoms with Crippen LogP contribution in [0, 0.1) is 10.1 Å². The maximum absolute atomic E-state index is 13.1. The van der Waals surface area contributed by atoms with Crippen molar-refractivity contribution in [3.05, 3.63) is 79.8 Å². The van der Waals surface area contributed by atoms with Crippen molar-refractivity contribution in [2.75, 3.05) is 0 Å². The fraction of sp³-hybridized carbons (Fsp3) is 0.0952. The zero-order valence-electron chi connectivity index (χ0n) is 17.5. The number of nitro benzene ring substituents is 1. The summed E-state index contributed by atoms with van der Waals surface area (Å²) in [6.07, 6.45) is -3.45. The summed E-state index contributed by atoms with van der Waals surface area (Å²) in [4.78, 5) is 24.8. The van der Waals surface area contributed by atoms with Gasteiger partial charge in [0.2, 0.25) is 0 Å². The molecule has 2 aromatic carbocycles. The van der Waals surface area contributed by atoms with Crippen LogP contribution in [0.25, 0.3) is 10.2 Å². The number of nitrogens with zero attached hydrogens (tertiary/aromatic N) is 4. The molecule has 0 aliphatic rings. The Bertz CT molecular complexity index is 1470. The highest BCUT2D eigenvalue weighted by Crippen LogP contribution is 2.38. The summed E-state index contributed by atoms with van der Waals surface area (Å²) >= 11 is 7.90. The van der Waals surface area contributed by atoms with E-state index in [4.69, 9.17) is 11.6 Å². The van der Waals surface area contributed by atoms with E-state index in [0.717, 1.165) is 27.0 Å². The molecule has 0 atom stereocenters. The number of fused-ring (bicyclic) bond motifs is 1. The van der Waals surface area contributed by atoms with Gasteiger partial charge in [0.15, 0.2) is 5.69 Å². The number of hydrogen-bond donors (Lipinski definition) is 1. The Kier molecular flexibility index (Phi) is 6.83. The average Bonchev–Trinajstić information content (AvgIpc) is 3.36. The molecule has 35 heavy (non-hydrogen) atoms. The third-order valence-electron chi connectivity index (χ3n) is 4.60. The second-order valence-corrected chi connectivity index (χ2v) is 9.62. The monoisotopic (exact) mass is 539 g/mol. The summed E-state index contributed by atoms with van der Waals surface area (Å²) in [6.45, 7) is 0. The number of benzene rings is 2. The fourth-order valence-corrected chi connectivity index (χ4v) is 5.04. The van der Waals surface area contributed by atoms with Gasteiger partial charge in [-0.25, -0.2) is 5.43 Å². The molecule has 1 N–H and O–H groups in total. The van der Waals surface area contributed by atoms with Gasteiger partial charge < -0.3 is 0 Å². The predicted octanol–water partition coefficient (Wildman–Crippen LogP) is 6.13. The second kappa shape index (κ2) is 9.68.